The van der Waals surface area contributed by atoms with Gasteiger partial charge in [-0.1, -0.05) is 37.8 Å². The maximum Gasteiger partial charge on any atom is 0.573 e. The predicted octanol–water partition coefficient (Wildman–Crippen LogP) is 4.97. The zero-order valence-corrected chi connectivity index (χ0v) is 13.3. The van der Waals surface area contributed by atoms with Crippen molar-refractivity contribution >= 4 is 11.8 Å². The molecular weight excluding hydrogens is 325 g/mol. The molecule has 0 saturated carbocycles. The average molecular weight is 346 g/mol. The first-order valence-electron chi connectivity index (χ1n) is 7.89. The molecule has 1 rings (SSSR count). The molecule has 0 radical (unpaired) electrons. The number of halogens is 3. The van der Waals surface area contributed by atoms with Gasteiger partial charge >= 0.3 is 12.3 Å². The van der Waals surface area contributed by atoms with Crippen molar-refractivity contribution in [2.75, 3.05) is 0 Å². The molecule has 1 aromatic rings. The second kappa shape index (κ2) is 9.95. The van der Waals surface area contributed by atoms with Crippen LogP contribution in [0, 0.1) is 0 Å². The van der Waals surface area contributed by atoms with Crippen LogP contribution in [0.4, 0.5) is 13.2 Å². The van der Waals surface area contributed by atoms with E-state index in [0.717, 1.165) is 31.7 Å². The number of aliphatic carboxylic acids is 1. The van der Waals surface area contributed by atoms with E-state index in [9.17, 15) is 22.8 Å². The normalized spacial score (nSPS) is 11.3. The summed E-state index contributed by atoms with van der Waals surface area (Å²) in [5.41, 5.74) is -0.0590. The van der Waals surface area contributed by atoms with Crippen molar-refractivity contribution in [3.63, 3.8) is 0 Å². The van der Waals surface area contributed by atoms with Crippen LogP contribution in [0.15, 0.2) is 24.3 Å². The molecule has 0 spiro atoms. The highest BCUT2D eigenvalue weighted by molar-refractivity contribution is 5.98. The molecule has 1 N–H and O–H groups in total. The van der Waals surface area contributed by atoms with Gasteiger partial charge in [-0.25, -0.2) is 0 Å². The summed E-state index contributed by atoms with van der Waals surface area (Å²) < 4.78 is 40.8. The van der Waals surface area contributed by atoms with Gasteiger partial charge in [0.1, 0.15) is 5.75 Å². The molecule has 0 bridgehead atoms. The monoisotopic (exact) mass is 346 g/mol. The Hall–Kier alpha value is -2.05. The minimum atomic E-state index is -4.83. The molecule has 0 saturated heterocycles. The van der Waals surface area contributed by atoms with Crippen molar-refractivity contribution in [1.29, 1.82) is 0 Å². The number of rotatable bonds is 11. The van der Waals surface area contributed by atoms with Crippen LogP contribution < -0.4 is 4.74 Å². The Morgan fingerprint density at radius 1 is 0.917 bits per heavy atom. The van der Waals surface area contributed by atoms with Crippen LogP contribution >= 0.6 is 0 Å². The molecule has 134 valence electrons. The van der Waals surface area contributed by atoms with E-state index in [2.05, 4.69) is 4.74 Å². The summed E-state index contributed by atoms with van der Waals surface area (Å²) in [5, 5.41) is 8.50. The first kappa shape index (κ1) is 20.0. The lowest BCUT2D eigenvalue weighted by atomic mass is 10.0. The SMILES string of the molecule is O=C(O)CCCCCCCCC(=O)c1ccccc1OC(F)(F)F. The second-order valence-corrected chi connectivity index (χ2v) is 5.48. The number of hydrogen-bond acceptors (Lipinski definition) is 3. The molecule has 0 aliphatic heterocycles. The smallest absolute Gasteiger partial charge is 0.481 e. The number of benzene rings is 1. The highest BCUT2D eigenvalue weighted by Gasteiger charge is 2.32. The van der Waals surface area contributed by atoms with Gasteiger partial charge < -0.3 is 9.84 Å². The fourth-order valence-electron chi connectivity index (χ4n) is 2.31. The van der Waals surface area contributed by atoms with E-state index in [-0.39, 0.29) is 24.2 Å². The maximum absolute atomic E-state index is 12.3. The summed E-state index contributed by atoms with van der Waals surface area (Å²) in [4.78, 5) is 22.4. The maximum atomic E-state index is 12.3. The number of para-hydroxylation sites is 1. The molecule has 0 unspecified atom stereocenters. The van der Waals surface area contributed by atoms with Crippen molar-refractivity contribution in [3.05, 3.63) is 29.8 Å². The Kier molecular flexibility index (Phi) is 8.29. The largest absolute Gasteiger partial charge is 0.573 e. The Labute approximate surface area is 138 Å². The number of carbonyl (C=O) groups excluding carboxylic acids is 1. The van der Waals surface area contributed by atoms with Gasteiger partial charge in [-0.05, 0) is 25.0 Å². The molecule has 0 aromatic heterocycles. The van der Waals surface area contributed by atoms with Gasteiger partial charge in [0.15, 0.2) is 5.78 Å². The molecule has 0 fully saturated rings. The summed E-state index contributed by atoms with van der Waals surface area (Å²) in [7, 11) is 0. The summed E-state index contributed by atoms with van der Waals surface area (Å²) in [5.74, 6) is -1.65. The number of carbonyl (C=O) groups is 2. The second-order valence-electron chi connectivity index (χ2n) is 5.48. The van der Waals surface area contributed by atoms with E-state index in [4.69, 9.17) is 5.11 Å². The van der Waals surface area contributed by atoms with Crippen molar-refractivity contribution < 1.29 is 32.6 Å². The molecular formula is C17H21F3O4. The molecule has 0 atom stereocenters. The van der Waals surface area contributed by atoms with Gasteiger partial charge in [-0.15, -0.1) is 13.2 Å². The number of Topliss-reactive ketones (excluding diaryl/α,β-unsaturated/α-hetero) is 1. The Bertz CT molecular complexity index is 541. The molecule has 7 heteroatoms. The first-order valence-corrected chi connectivity index (χ1v) is 7.89. The molecule has 4 nitrogen and oxygen atoms in total. The van der Waals surface area contributed by atoms with Gasteiger partial charge in [0.25, 0.3) is 0 Å². The number of hydrogen-bond donors (Lipinski definition) is 1. The predicted molar refractivity (Wildman–Crippen MR) is 82.0 cm³/mol. The lowest BCUT2D eigenvalue weighted by Crippen LogP contribution is -2.19. The molecule has 0 aliphatic rings. The number of ether oxygens (including phenoxy) is 1. The average Bonchev–Trinajstić information content (AvgIpc) is 2.48. The van der Waals surface area contributed by atoms with E-state index in [0.29, 0.717) is 12.8 Å². The van der Waals surface area contributed by atoms with Crippen molar-refractivity contribution in [1.82, 2.24) is 0 Å². The van der Waals surface area contributed by atoms with E-state index in [1.165, 1.54) is 18.2 Å². The summed E-state index contributed by atoms with van der Waals surface area (Å²) in [6, 6.07) is 5.34. The van der Waals surface area contributed by atoms with E-state index in [1.807, 2.05) is 0 Å². The van der Waals surface area contributed by atoms with Gasteiger partial charge in [-0.3, -0.25) is 9.59 Å². The number of carboxylic acids is 1. The molecule has 1 aromatic carbocycles. The zero-order valence-electron chi connectivity index (χ0n) is 13.3. The van der Waals surface area contributed by atoms with Crippen molar-refractivity contribution in [2.24, 2.45) is 0 Å². The van der Waals surface area contributed by atoms with Crippen LogP contribution in [-0.2, 0) is 4.79 Å². The topological polar surface area (TPSA) is 63.6 Å². The fourth-order valence-corrected chi connectivity index (χ4v) is 2.31. The molecule has 0 heterocycles. The van der Waals surface area contributed by atoms with E-state index >= 15 is 0 Å². The third-order valence-corrected chi connectivity index (χ3v) is 3.46. The summed E-state index contributed by atoms with van der Waals surface area (Å²) in [6.45, 7) is 0. The Morgan fingerprint density at radius 2 is 1.46 bits per heavy atom. The fraction of sp³-hybridized carbons (Fsp3) is 0.529. The molecule has 0 aliphatic carbocycles. The van der Waals surface area contributed by atoms with Crippen LogP contribution in [0.1, 0.15) is 61.7 Å². The zero-order chi connectivity index (χ0) is 18.0. The van der Waals surface area contributed by atoms with E-state index in [1.54, 1.807) is 0 Å². The Balaban J connectivity index is 2.32. The minimum Gasteiger partial charge on any atom is -0.481 e. The van der Waals surface area contributed by atoms with Crippen LogP contribution in [0.25, 0.3) is 0 Å². The first-order chi connectivity index (χ1) is 11.3. The highest BCUT2D eigenvalue weighted by atomic mass is 19.4. The summed E-state index contributed by atoms with van der Waals surface area (Å²) in [6.07, 6.45) is 0.0646. The third-order valence-electron chi connectivity index (χ3n) is 3.46. The molecule has 24 heavy (non-hydrogen) atoms. The standard InChI is InChI=1S/C17H21F3O4/c18-17(19,20)24-15-11-8-7-9-13(15)14(21)10-5-3-1-2-4-6-12-16(22)23/h7-9,11H,1-6,10,12H2,(H,22,23). The number of alkyl halides is 3. The van der Waals surface area contributed by atoms with Crippen LogP contribution in [0.5, 0.6) is 5.75 Å². The van der Waals surface area contributed by atoms with E-state index < -0.39 is 18.1 Å². The van der Waals surface area contributed by atoms with Gasteiger partial charge in [0.05, 0.1) is 5.56 Å². The molecule has 0 amide bonds. The van der Waals surface area contributed by atoms with Crippen molar-refractivity contribution in [2.45, 2.75) is 57.7 Å². The highest BCUT2D eigenvalue weighted by Crippen LogP contribution is 2.27. The third kappa shape index (κ3) is 8.55. The minimum absolute atomic E-state index is 0.0590. The Morgan fingerprint density at radius 3 is 2.04 bits per heavy atom. The number of carboxylic acid groups (broad SMARTS) is 1. The number of unbranched alkanes of at least 4 members (excludes halogenated alkanes) is 5. The van der Waals surface area contributed by atoms with Gasteiger partial charge in [-0.2, -0.15) is 0 Å². The van der Waals surface area contributed by atoms with Crippen LogP contribution in [0.2, 0.25) is 0 Å². The summed E-state index contributed by atoms with van der Waals surface area (Å²) >= 11 is 0. The van der Waals surface area contributed by atoms with Gasteiger partial charge in [0.2, 0.25) is 0 Å². The van der Waals surface area contributed by atoms with Gasteiger partial charge in [0, 0.05) is 12.8 Å². The van der Waals surface area contributed by atoms with Crippen molar-refractivity contribution in [3.8, 4) is 5.75 Å². The van der Waals surface area contributed by atoms with Crippen LogP contribution in [0.3, 0.4) is 0 Å². The number of ketones is 1. The lowest BCUT2D eigenvalue weighted by Gasteiger charge is -2.12. The van der Waals surface area contributed by atoms with Crippen LogP contribution in [-0.4, -0.2) is 23.2 Å². The quantitative estimate of drug-likeness (QED) is 0.454. The lowest BCUT2D eigenvalue weighted by molar-refractivity contribution is -0.274.